The lowest BCUT2D eigenvalue weighted by molar-refractivity contribution is 0.122. The summed E-state index contributed by atoms with van der Waals surface area (Å²) in [5, 5.41) is 23.1. The number of azo groups is 1. The van der Waals surface area contributed by atoms with Gasteiger partial charge >= 0.3 is 6.08 Å². The van der Waals surface area contributed by atoms with Crippen LogP contribution in [0.25, 0.3) is 21.5 Å². The molecular formula is C28H24FN7O8S2. The molecule has 4 N–H and O–H groups in total. The molecule has 0 saturated carbocycles. The number of aromatic hydroxyl groups is 1. The summed E-state index contributed by atoms with van der Waals surface area (Å²) in [6.07, 6.45) is -1.13. The van der Waals surface area contributed by atoms with Crippen molar-refractivity contribution in [1.29, 1.82) is 0 Å². The minimum atomic E-state index is -4.76. The number of halogens is 1. The molecule has 0 aliphatic carbocycles. The van der Waals surface area contributed by atoms with E-state index in [2.05, 4.69) is 30.5 Å². The van der Waals surface area contributed by atoms with E-state index in [1.807, 2.05) is 0 Å². The Kier molecular flexibility index (Phi) is 7.99. The Balaban J connectivity index is 1.50. The Morgan fingerprint density at radius 3 is 2.37 bits per heavy atom. The summed E-state index contributed by atoms with van der Waals surface area (Å²) < 4.78 is 88.6. The van der Waals surface area contributed by atoms with E-state index in [-0.39, 0.29) is 50.7 Å². The number of phenolic OH excluding ortho intramolecular Hbond substituents is 1. The number of nitrogens with zero attached hydrogens (tertiary/aromatic N) is 6. The van der Waals surface area contributed by atoms with Crippen molar-refractivity contribution in [2.24, 2.45) is 10.2 Å². The molecule has 0 spiro atoms. The highest BCUT2D eigenvalue weighted by atomic mass is 32.2. The zero-order valence-electron chi connectivity index (χ0n) is 23.8. The van der Waals surface area contributed by atoms with E-state index in [1.54, 1.807) is 29.2 Å². The van der Waals surface area contributed by atoms with Gasteiger partial charge in [0.1, 0.15) is 16.3 Å². The molecule has 238 valence electrons. The van der Waals surface area contributed by atoms with Gasteiger partial charge < -0.3 is 20.1 Å². The molecule has 1 fully saturated rings. The van der Waals surface area contributed by atoms with Crippen LogP contribution in [0.2, 0.25) is 0 Å². The fourth-order valence-corrected chi connectivity index (χ4v) is 6.48. The average molecular weight is 670 g/mol. The molecule has 46 heavy (non-hydrogen) atoms. The van der Waals surface area contributed by atoms with Crippen LogP contribution in [0.1, 0.15) is 5.56 Å². The van der Waals surface area contributed by atoms with Crippen LogP contribution in [0.3, 0.4) is 0 Å². The lowest BCUT2D eigenvalue weighted by Crippen LogP contribution is -2.37. The zero-order valence-corrected chi connectivity index (χ0v) is 25.4. The second-order valence-electron chi connectivity index (χ2n) is 10.2. The predicted molar refractivity (Wildman–Crippen MR) is 164 cm³/mol. The summed E-state index contributed by atoms with van der Waals surface area (Å²) in [4.78, 5) is 12.2. The molecule has 5 aromatic rings. The van der Waals surface area contributed by atoms with Gasteiger partial charge in [0.25, 0.3) is 20.2 Å². The smallest absolute Gasteiger partial charge is 0.315 e. The van der Waals surface area contributed by atoms with Gasteiger partial charge in [-0.05, 0) is 47.5 Å². The van der Waals surface area contributed by atoms with E-state index < -0.39 is 41.9 Å². The molecule has 0 radical (unpaired) electrons. The fourth-order valence-electron chi connectivity index (χ4n) is 5.10. The average Bonchev–Trinajstić information content (AvgIpc) is 2.99. The molecule has 2 heterocycles. The van der Waals surface area contributed by atoms with Gasteiger partial charge in [0.05, 0.1) is 23.8 Å². The summed E-state index contributed by atoms with van der Waals surface area (Å²) in [6.45, 7) is 3.03. The van der Waals surface area contributed by atoms with Crippen LogP contribution in [0.15, 0.2) is 74.6 Å². The summed E-state index contributed by atoms with van der Waals surface area (Å²) >= 11 is 0. The third kappa shape index (κ3) is 6.15. The van der Waals surface area contributed by atoms with Crippen molar-refractivity contribution in [3.8, 4) is 5.75 Å². The molecule has 18 heteroatoms. The van der Waals surface area contributed by atoms with E-state index in [4.69, 9.17) is 4.74 Å². The normalized spacial score (nSPS) is 14.4. The van der Waals surface area contributed by atoms with Crippen molar-refractivity contribution in [3.63, 3.8) is 0 Å². The van der Waals surface area contributed by atoms with Crippen molar-refractivity contribution >= 4 is 70.7 Å². The quantitative estimate of drug-likeness (QED) is 0.135. The molecule has 1 aromatic heterocycles. The lowest BCUT2D eigenvalue weighted by atomic mass is 10.0. The van der Waals surface area contributed by atoms with E-state index in [1.165, 1.54) is 25.1 Å². The van der Waals surface area contributed by atoms with Gasteiger partial charge in [-0.25, -0.2) is 0 Å². The fraction of sp³-hybridized carbons (Fsp3) is 0.179. The monoisotopic (exact) mass is 669 g/mol. The highest BCUT2D eigenvalue weighted by molar-refractivity contribution is 7.86. The van der Waals surface area contributed by atoms with Crippen LogP contribution >= 0.6 is 0 Å². The van der Waals surface area contributed by atoms with Crippen molar-refractivity contribution in [3.05, 3.63) is 66.2 Å². The first kappa shape index (κ1) is 31.1. The maximum Gasteiger partial charge on any atom is 0.315 e. The maximum absolute atomic E-state index is 14.5. The third-order valence-electron chi connectivity index (χ3n) is 7.16. The van der Waals surface area contributed by atoms with Crippen molar-refractivity contribution in [2.45, 2.75) is 16.7 Å². The summed E-state index contributed by atoms with van der Waals surface area (Å²) in [7, 11) is -9.52. The SMILES string of the molecule is Cc1cc2cc(S(=O)(=O)O)cc(Nc3nc(F)nc(N4CCOCC4)n3)c2c(O)c1N=Nc1ccc2ccccc2c1S(=O)(=O)O. The topological polar surface area (TPSA) is 217 Å². The second kappa shape index (κ2) is 11.8. The van der Waals surface area contributed by atoms with E-state index in [9.17, 15) is 35.4 Å². The minimum absolute atomic E-state index is 0.00637. The number of phenols is 1. The summed E-state index contributed by atoms with van der Waals surface area (Å²) in [5.74, 6) is -0.867. The molecule has 0 amide bonds. The van der Waals surface area contributed by atoms with Crippen LogP contribution < -0.4 is 10.2 Å². The van der Waals surface area contributed by atoms with E-state index in [0.29, 0.717) is 31.7 Å². The van der Waals surface area contributed by atoms with Crippen LogP contribution in [0.4, 0.5) is 33.3 Å². The van der Waals surface area contributed by atoms with Gasteiger partial charge in [0.15, 0.2) is 5.75 Å². The molecule has 1 aliphatic heterocycles. The van der Waals surface area contributed by atoms with Crippen molar-refractivity contribution < 1.29 is 40.2 Å². The summed E-state index contributed by atoms with van der Waals surface area (Å²) in [5.41, 5.74) is -0.221. The number of morpholine rings is 1. The second-order valence-corrected chi connectivity index (χ2v) is 13.0. The number of aryl methyl sites for hydroxylation is 1. The van der Waals surface area contributed by atoms with Crippen LogP contribution in [0.5, 0.6) is 5.75 Å². The number of hydrogen-bond acceptors (Lipinski definition) is 13. The van der Waals surface area contributed by atoms with Crippen LogP contribution in [0, 0.1) is 13.0 Å². The molecule has 6 rings (SSSR count). The first-order chi connectivity index (χ1) is 21.8. The largest absolute Gasteiger partial charge is 0.505 e. The molecule has 15 nitrogen and oxygen atoms in total. The highest BCUT2D eigenvalue weighted by Crippen LogP contribution is 2.44. The van der Waals surface area contributed by atoms with Gasteiger partial charge in [-0.3, -0.25) is 9.11 Å². The van der Waals surface area contributed by atoms with Gasteiger partial charge in [-0.1, -0.05) is 30.3 Å². The molecule has 4 aromatic carbocycles. The lowest BCUT2D eigenvalue weighted by Gasteiger charge is -2.26. The first-order valence-electron chi connectivity index (χ1n) is 13.5. The number of nitrogens with one attached hydrogen (secondary N) is 1. The van der Waals surface area contributed by atoms with E-state index in [0.717, 1.165) is 12.1 Å². The Hall–Kier alpha value is -4.88. The molecule has 0 unspecified atom stereocenters. The summed E-state index contributed by atoms with van der Waals surface area (Å²) in [6, 6.07) is 12.9. The first-order valence-corrected chi connectivity index (χ1v) is 16.4. The Labute approximate surface area is 260 Å². The predicted octanol–water partition coefficient (Wildman–Crippen LogP) is 4.82. The number of aromatic nitrogens is 3. The number of fused-ring (bicyclic) bond motifs is 2. The number of rotatable bonds is 7. The van der Waals surface area contributed by atoms with Gasteiger partial charge in [0.2, 0.25) is 11.9 Å². The molecule has 1 saturated heterocycles. The minimum Gasteiger partial charge on any atom is -0.505 e. The Morgan fingerprint density at radius 2 is 1.65 bits per heavy atom. The number of benzene rings is 4. The van der Waals surface area contributed by atoms with Gasteiger partial charge in [-0.2, -0.15) is 36.2 Å². The molecule has 1 aliphatic rings. The van der Waals surface area contributed by atoms with Crippen molar-refractivity contribution in [1.82, 2.24) is 15.0 Å². The van der Waals surface area contributed by atoms with Crippen molar-refractivity contribution in [2.75, 3.05) is 36.5 Å². The standard InChI is InChI=1S/C28H24FN7O8S2/c1-15-12-17-13-18(45(38,39)40)14-21(30-27-31-26(29)32-28(33-27)36-8-10-44-11-9-36)22(17)24(37)23(15)35-34-20-7-6-16-4-2-3-5-19(16)25(20)46(41,42)43/h2-7,12-14,37H,8-11H2,1H3,(H,38,39,40)(H,41,42,43)(H,30,31,32,33). The Bertz CT molecular complexity index is 2280. The maximum atomic E-state index is 14.5. The Morgan fingerprint density at radius 1 is 0.913 bits per heavy atom. The molecule has 0 bridgehead atoms. The van der Waals surface area contributed by atoms with Gasteiger partial charge in [-0.15, -0.1) is 10.2 Å². The molecular weight excluding hydrogens is 645 g/mol. The number of anilines is 3. The zero-order chi connectivity index (χ0) is 32.8. The van der Waals surface area contributed by atoms with E-state index >= 15 is 0 Å². The van der Waals surface area contributed by atoms with Crippen LogP contribution in [-0.2, 0) is 25.0 Å². The van der Waals surface area contributed by atoms with Crippen LogP contribution in [-0.4, -0.2) is 72.3 Å². The third-order valence-corrected chi connectivity index (χ3v) is 8.93. The number of ether oxygens (including phenoxy) is 1. The number of hydrogen-bond donors (Lipinski definition) is 4. The van der Waals surface area contributed by atoms with Gasteiger partial charge in [0, 0.05) is 23.9 Å². The molecule has 0 atom stereocenters. The highest BCUT2D eigenvalue weighted by Gasteiger charge is 2.23.